The predicted octanol–water partition coefficient (Wildman–Crippen LogP) is 15.6. The first-order chi connectivity index (χ1) is 46.3. The number of aryl methyl sites for hydroxylation is 3. The van der Waals surface area contributed by atoms with Crippen LogP contribution in [-0.4, -0.2) is 20.1 Å². The van der Waals surface area contributed by atoms with E-state index >= 15 is 52.7 Å². The molecule has 0 saturated carbocycles. The van der Waals surface area contributed by atoms with Gasteiger partial charge >= 0.3 is 0 Å². The minimum absolute atomic E-state index is 0.0318. The van der Waals surface area contributed by atoms with Gasteiger partial charge in [0.05, 0.1) is 10.8 Å². The lowest BCUT2D eigenvalue weighted by atomic mass is 9.30. The molecule has 464 valence electrons. The fourth-order valence-electron chi connectivity index (χ4n) is 15.7. The summed E-state index contributed by atoms with van der Waals surface area (Å²) in [4.78, 5) is 5.37. The van der Waals surface area contributed by atoms with Gasteiger partial charge in [-0.15, -0.1) is 22.7 Å². The van der Waals surface area contributed by atoms with E-state index in [9.17, 15) is 0 Å². The maximum absolute atomic E-state index is 17.5. The Labute approximate surface area is 545 Å². The summed E-state index contributed by atoms with van der Waals surface area (Å²) >= 11 is 2.05. The largest absolute Gasteiger partial charge is 0.457 e. The number of benzene rings is 11. The highest BCUT2D eigenvalue weighted by atomic mass is 32.1. The van der Waals surface area contributed by atoms with E-state index in [1.54, 1.807) is 81.4 Å². The summed E-state index contributed by atoms with van der Waals surface area (Å²) in [5.74, 6) is -11.5. The first kappa shape index (κ1) is 57.0. The summed E-state index contributed by atoms with van der Waals surface area (Å²) in [7, 11) is 0. The molecule has 0 radical (unpaired) electrons. The van der Waals surface area contributed by atoms with Crippen molar-refractivity contribution >= 4 is 179 Å². The number of halogens is 12. The van der Waals surface area contributed by atoms with Crippen LogP contribution in [0.5, 0.6) is 23.0 Å². The number of hydrogen-bond donors (Lipinski definition) is 0. The van der Waals surface area contributed by atoms with Gasteiger partial charge in [0.25, 0.3) is 20.1 Å². The Bertz CT molecular complexity index is 5380. The number of nitrogens with zero attached hydrogens (tertiary/aromatic N) is 4. The summed E-state index contributed by atoms with van der Waals surface area (Å²) in [5.41, 5.74) is 1.89. The summed E-state index contributed by atoms with van der Waals surface area (Å²) in [6.07, 6.45) is 0. The molecule has 13 aromatic rings. The van der Waals surface area contributed by atoms with Crippen LogP contribution in [0.2, 0.25) is 0 Å². The van der Waals surface area contributed by atoms with Crippen LogP contribution in [0.15, 0.2) is 158 Å². The highest BCUT2D eigenvalue weighted by molar-refractivity contribution is 7.34. The average Bonchev–Trinajstić information content (AvgIpc) is 1.01. The highest BCUT2D eigenvalue weighted by Crippen LogP contribution is 2.54. The monoisotopic (exact) mass is 1320 g/mol. The van der Waals surface area contributed by atoms with Crippen molar-refractivity contribution < 1.29 is 62.2 Å². The number of ether oxygens (including phenoxy) is 2. The lowest BCUT2D eigenvalue weighted by Gasteiger charge is -2.47. The minimum Gasteiger partial charge on any atom is -0.457 e. The second-order valence-electron chi connectivity index (χ2n) is 24.8. The van der Waals surface area contributed by atoms with Gasteiger partial charge in [-0.2, -0.15) is 0 Å². The molecule has 0 unspecified atom stereocenters. The van der Waals surface area contributed by atoms with E-state index in [0.29, 0.717) is 37.2 Å². The molecule has 11 aromatic carbocycles. The fraction of sp³-hybridized carbons (Fsp3) is 0.0411. The number of hydrogen-bond acceptors (Lipinski definition) is 8. The molecule has 0 aliphatic carbocycles. The molecular formula is C73H35B3F12N4O2S2. The van der Waals surface area contributed by atoms with Gasteiger partial charge in [0, 0.05) is 76.6 Å². The molecule has 6 nitrogen and oxygen atoms in total. The SMILES string of the molecule is Cc1cc2c3c(c1)N(c1c(F)cccc1F)c1cc4c(cc1B3c1sc3cc(F)cc(F)c3c1O2)B1c2cc3c(cc2N(c2c(F)cccc2F)c2cc(C)cc(c21)N4c1c(F)cccc1F)N(c1c(F)cccc1F)c1cc(C)cc2c1B3c1sc3cc(F)cc(F)c3c1O2. The maximum Gasteiger partial charge on any atom is 0.268 e. The van der Waals surface area contributed by atoms with Crippen LogP contribution in [0.3, 0.4) is 0 Å². The standard InChI is InChI=1S/C73H35B3F12N4O2S2/c1-30-16-53-63-54(17-30)90(67-41(81)10-5-11-42(67)82)50-29-52-38(76-65-56(92(52)69-45(85)14-7-15-46(69)86)19-32(3)21-58(65)94-71-62-48(88)23-34(78)25-60(62)96-73(71)76)27-36(50)74(63)35-26-37-51(28-49(35)89(53)66-39(79)8-4-9-40(66)80)91(68-43(83)12-6-13-44(68)84)55-18-31(2)20-57-64(55)75(37)72-70(93-57)61-47(87)22-33(77)24-59(61)95-72/h4-29H,1-3H3. The molecule has 0 spiro atoms. The van der Waals surface area contributed by atoms with Gasteiger partial charge in [-0.1, -0.05) is 36.4 Å². The van der Waals surface area contributed by atoms with Crippen LogP contribution in [0.4, 0.5) is 121 Å². The van der Waals surface area contributed by atoms with Crippen LogP contribution >= 0.6 is 22.7 Å². The van der Waals surface area contributed by atoms with E-state index in [-0.39, 0.29) is 116 Å². The maximum atomic E-state index is 17.5. The van der Waals surface area contributed by atoms with Gasteiger partial charge in [-0.25, -0.2) is 52.7 Å². The Morgan fingerprint density at radius 2 is 0.594 bits per heavy atom. The molecule has 0 N–H and O–H groups in total. The Balaban J connectivity index is 0.989. The van der Waals surface area contributed by atoms with Crippen molar-refractivity contribution in [3.8, 4) is 23.0 Å². The van der Waals surface area contributed by atoms with E-state index in [1.165, 1.54) is 56.0 Å². The molecule has 6 aliphatic heterocycles. The lowest BCUT2D eigenvalue weighted by Crippen LogP contribution is -2.66. The topological polar surface area (TPSA) is 31.4 Å². The Kier molecular flexibility index (Phi) is 11.8. The molecule has 0 bridgehead atoms. The molecule has 0 amide bonds. The number of anilines is 12. The van der Waals surface area contributed by atoms with Crippen molar-refractivity contribution in [2.45, 2.75) is 20.8 Å². The molecule has 96 heavy (non-hydrogen) atoms. The molecule has 8 heterocycles. The van der Waals surface area contributed by atoms with Crippen molar-refractivity contribution in [1.82, 2.24) is 0 Å². The Morgan fingerprint density at radius 3 is 0.917 bits per heavy atom. The first-order valence-corrected chi connectivity index (χ1v) is 31.9. The molecular weight excluding hydrogens is 1290 g/mol. The third-order valence-electron chi connectivity index (χ3n) is 19.2. The summed E-state index contributed by atoms with van der Waals surface area (Å²) in [6, 6.07) is 33.7. The van der Waals surface area contributed by atoms with E-state index in [0.717, 1.165) is 83.3 Å². The molecule has 19 rings (SSSR count). The van der Waals surface area contributed by atoms with Crippen LogP contribution in [0, 0.1) is 90.6 Å². The van der Waals surface area contributed by atoms with Crippen molar-refractivity contribution in [1.29, 1.82) is 0 Å². The molecule has 2 aromatic heterocycles. The smallest absolute Gasteiger partial charge is 0.268 e. The minimum atomic E-state index is -1.23. The van der Waals surface area contributed by atoms with Gasteiger partial charge in [-0.3, -0.25) is 0 Å². The Morgan fingerprint density at radius 1 is 0.302 bits per heavy atom. The number of rotatable bonds is 4. The van der Waals surface area contributed by atoms with Crippen molar-refractivity contribution in [3.05, 3.63) is 244 Å². The first-order valence-electron chi connectivity index (χ1n) is 30.2. The molecule has 0 fully saturated rings. The van der Waals surface area contributed by atoms with Crippen molar-refractivity contribution in [2.75, 3.05) is 19.6 Å². The number of fused-ring (bicyclic) bond motifs is 16. The number of para-hydroxylation sites is 4. The van der Waals surface area contributed by atoms with Gasteiger partial charge in [0.15, 0.2) is 0 Å². The normalized spacial score (nSPS) is 14.0. The van der Waals surface area contributed by atoms with Crippen LogP contribution in [0.25, 0.3) is 20.2 Å². The van der Waals surface area contributed by atoms with Gasteiger partial charge < -0.3 is 29.1 Å². The van der Waals surface area contributed by atoms with E-state index < -0.39 is 113 Å². The molecule has 0 atom stereocenters. The zero-order valence-electron chi connectivity index (χ0n) is 49.7. The zero-order valence-corrected chi connectivity index (χ0v) is 51.3. The van der Waals surface area contributed by atoms with Gasteiger partial charge in [0.1, 0.15) is 116 Å². The van der Waals surface area contributed by atoms with Crippen LogP contribution < -0.4 is 76.9 Å². The fourth-order valence-corrected chi connectivity index (χ4v) is 18.3. The number of thiophene rings is 2. The molecule has 23 heteroatoms. The quantitative estimate of drug-likeness (QED) is 0.129. The zero-order chi connectivity index (χ0) is 65.7. The average molecular weight is 1320 g/mol. The van der Waals surface area contributed by atoms with E-state index in [4.69, 9.17) is 9.47 Å². The summed E-state index contributed by atoms with van der Waals surface area (Å²) in [5, 5.41) is -0.0819. The van der Waals surface area contributed by atoms with Crippen molar-refractivity contribution in [3.63, 3.8) is 0 Å². The second-order valence-corrected chi connectivity index (χ2v) is 27.0. The van der Waals surface area contributed by atoms with E-state index in [2.05, 4.69) is 0 Å². The Hall–Kier alpha value is -10.5. The summed E-state index contributed by atoms with van der Waals surface area (Å²) < 4.78 is 217. The lowest BCUT2D eigenvalue weighted by molar-refractivity contribution is 0.490. The van der Waals surface area contributed by atoms with E-state index in [1.807, 2.05) is 0 Å². The van der Waals surface area contributed by atoms with Crippen molar-refractivity contribution in [2.24, 2.45) is 0 Å². The second kappa shape index (κ2) is 19.8. The highest BCUT2D eigenvalue weighted by Gasteiger charge is 2.53. The summed E-state index contributed by atoms with van der Waals surface area (Å²) in [6.45, 7) is 1.82. The van der Waals surface area contributed by atoms with Gasteiger partial charge in [0.2, 0.25) is 0 Å². The molecule has 0 saturated heterocycles. The third kappa shape index (κ3) is 7.60. The molecule has 6 aliphatic rings. The van der Waals surface area contributed by atoms with Crippen LogP contribution in [0.1, 0.15) is 16.7 Å². The van der Waals surface area contributed by atoms with Gasteiger partial charge in [-0.05, 0) is 185 Å². The predicted molar refractivity (Wildman–Crippen MR) is 357 cm³/mol. The van der Waals surface area contributed by atoms with Crippen LogP contribution in [-0.2, 0) is 0 Å². The third-order valence-corrected chi connectivity index (χ3v) is 21.5.